The van der Waals surface area contributed by atoms with E-state index in [0.29, 0.717) is 12.2 Å². The van der Waals surface area contributed by atoms with E-state index >= 15 is 0 Å². The fourth-order valence-corrected chi connectivity index (χ4v) is 5.53. The number of benzene rings is 3. The zero-order chi connectivity index (χ0) is 27.0. The Labute approximate surface area is 231 Å². The molecule has 0 atom stereocenters. The van der Waals surface area contributed by atoms with Gasteiger partial charge in [-0.05, 0) is 36.2 Å². The molecule has 39 heavy (non-hydrogen) atoms. The molecule has 4 aromatic rings. The van der Waals surface area contributed by atoms with Gasteiger partial charge in [-0.1, -0.05) is 60.3 Å². The Morgan fingerprint density at radius 1 is 0.872 bits per heavy atom. The minimum Gasteiger partial charge on any atom is -0.340 e. The molecule has 1 saturated heterocycles. The molecule has 9 nitrogen and oxygen atoms in total. The number of nitro benzene ring substituents is 1. The normalized spacial score (nSPS) is 13.9. The lowest BCUT2D eigenvalue weighted by molar-refractivity contribution is -0.384. The van der Waals surface area contributed by atoms with Gasteiger partial charge in [0.15, 0.2) is 11.0 Å². The number of amides is 1. The van der Waals surface area contributed by atoms with E-state index in [9.17, 15) is 14.9 Å². The van der Waals surface area contributed by atoms with Gasteiger partial charge in [0.05, 0.1) is 4.92 Å². The summed E-state index contributed by atoms with van der Waals surface area (Å²) in [4.78, 5) is 27.9. The first-order chi connectivity index (χ1) is 19.1. The van der Waals surface area contributed by atoms with Crippen molar-refractivity contribution in [3.8, 4) is 17.1 Å². The number of hydrogen-bond donors (Lipinski definition) is 0. The zero-order valence-corrected chi connectivity index (χ0v) is 22.4. The maximum absolute atomic E-state index is 12.8. The molecular weight excluding hydrogens is 512 g/mol. The van der Waals surface area contributed by atoms with Crippen molar-refractivity contribution in [1.29, 1.82) is 0 Å². The van der Waals surface area contributed by atoms with E-state index < -0.39 is 4.92 Å². The van der Waals surface area contributed by atoms with Crippen molar-refractivity contribution < 1.29 is 9.72 Å². The highest BCUT2D eigenvalue weighted by molar-refractivity contribution is 7.99. The molecular formula is C29H30N6O3S. The number of piperazine rings is 1. The number of aromatic nitrogens is 3. The van der Waals surface area contributed by atoms with Crippen LogP contribution in [0.3, 0.4) is 0 Å². The highest BCUT2D eigenvalue weighted by Crippen LogP contribution is 2.29. The lowest BCUT2D eigenvalue weighted by Crippen LogP contribution is -2.48. The van der Waals surface area contributed by atoms with Crippen LogP contribution in [0.4, 0.5) is 5.69 Å². The number of carbonyl (C=O) groups is 1. The summed E-state index contributed by atoms with van der Waals surface area (Å²) in [6.07, 6.45) is 1.24. The lowest BCUT2D eigenvalue weighted by atomic mass is 10.2. The van der Waals surface area contributed by atoms with Crippen LogP contribution in [-0.4, -0.2) is 67.3 Å². The van der Waals surface area contributed by atoms with Crippen molar-refractivity contribution >= 4 is 23.4 Å². The molecule has 0 N–H and O–H groups in total. The molecule has 200 valence electrons. The van der Waals surface area contributed by atoms with Gasteiger partial charge in [-0.15, -0.1) is 10.2 Å². The zero-order valence-electron chi connectivity index (χ0n) is 21.6. The standard InChI is InChI=1S/C29H30N6O3S/c36-27(33-19-17-32(18-20-33)22-23-8-3-1-4-9-23)12-7-21-39-29-31-30-28(34(29)25-10-5-2-6-11-25)24-13-15-26(16-14-24)35(37)38/h1-6,8-11,13-16H,7,12,17-22H2. The average molecular weight is 543 g/mol. The van der Waals surface area contributed by atoms with Crippen molar-refractivity contribution in [3.63, 3.8) is 0 Å². The van der Waals surface area contributed by atoms with Gasteiger partial charge >= 0.3 is 0 Å². The molecule has 1 aliphatic heterocycles. The Hall–Kier alpha value is -4.02. The van der Waals surface area contributed by atoms with Gasteiger partial charge in [0.2, 0.25) is 5.91 Å². The lowest BCUT2D eigenvalue weighted by Gasteiger charge is -2.34. The van der Waals surface area contributed by atoms with Gasteiger partial charge in [-0.2, -0.15) is 0 Å². The first-order valence-electron chi connectivity index (χ1n) is 13.0. The predicted octanol–water partition coefficient (Wildman–Crippen LogP) is 5.06. The summed E-state index contributed by atoms with van der Waals surface area (Å²) >= 11 is 1.56. The molecule has 0 bridgehead atoms. The highest BCUT2D eigenvalue weighted by atomic mass is 32.2. The Kier molecular flexibility index (Phi) is 8.65. The van der Waals surface area contributed by atoms with E-state index in [1.54, 1.807) is 23.9 Å². The third-order valence-electron chi connectivity index (χ3n) is 6.72. The molecule has 5 rings (SSSR count). The minimum absolute atomic E-state index is 0.0291. The van der Waals surface area contributed by atoms with Crippen molar-refractivity contribution in [2.75, 3.05) is 31.9 Å². The number of nitrogens with zero attached hydrogens (tertiary/aromatic N) is 6. The van der Waals surface area contributed by atoms with Crippen LogP contribution in [0.5, 0.6) is 0 Å². The van der Waals surface area contributed by atoms with Gasteiger partial charge in [-0.25, -0.2) is 0 Å². The van der Waals surface area contributed by atoms with Crippen LogP contribution in [0.2, 0.25) is 0 Å². The molecule has 0 unspecified atom stereocenters. The Bertz CT molecular complexity index is 1390. The third-order valence-corrected chi connectivity index (χ3v) is 7.74. The van der Waals surface area contributed by atoms with Crippen molar-refractivity contribution in [2.24, 2.45) is 0 Å². The smallest absolute Gasteiger partial charge is 0.269 e. The van der Waals surface area contributed by atoms with E-state index in [1.165, 1.54) is 17.7 Å². The van der Waals surface area contributed by atoms with Crippen LogP contribution in [0.15, 0.2) is 90.1 Å². The largest absolute Gasteiger partial charge is 0.340 e. The predicted molar refractivity (Wildman–Crippen MR) is 152 cm³/mol. The summed E-state index contributed by atoms with van der Waals surface area (Å²) in [6.45, 7) is 4.23. The quantitative estimate of drug-likeness (QED) is 0.120. The number of hydrogen-bond acceptors (Lipinski definition) is 7. The maximum Gasteiger partial charge on any atom is 0.269 e. The topological polar surface area (TPSA) is 97.4 Å². The molecule has 1 aliphatic rings. The number of thioether (sulfide) groups is 1. The molecule has 0 spiro atoms. The number of para-hydroxylation sites is 1. The van der Waals surface area contributed by atoms with Crippen molar-refractivity contribution in [2.45, 2.75) is 24.5 Å². The Balaban J connectivity index is 1.16. The van der Waals surface area contributed by atoms with E-state index in [2.05, 4.69) is 39.4 Å². The molecule has 3 aromatic carbocycles. The molecule has 10 heteroatoms. The first-order valence-corrected chi connectivity index (χ1v) is 14.0. The van der Waals surface area contributed by atoms with Crippen LogP contribution in [0, 0.1) is 10.1 Å². The van der Waals surface area contributed by atoms with E-state index in [1.807, 2.05) is 45.9 Å². The molecule has 0 saturated carbocycles. The summed E-state index contributed by atoms with van der Waals surface area (Å²) < 4.78 is 1.96. The van der Waals surface area contributed by atoms with E-state index in [0.717, 1.165) is 61.3 Å². The maximum atomic E-state index is 12.8. The number of non-ortho nitro benzene ring substituents is 1. The first kappa shape index (κ1) is 26.6. The Morgan fingerprint density at radius 2 is 1.54 bits per heavy atom. The minimum atomic E-state index is -0.418. The molecule has 2 heterocycles. The second kappa shape index (κ2) is 12.7. The van der Waals surface area contributed by atoms with E-state index in [4.69, 9.17) is 0 Å². The summed E-state index contributed by atoms with van der Waals surface area (Å²) in [5.41, 5.74) is 2.98. The fourth-order valence-electron chi connectivity index (χ4n) is 4.63. The van der Waals surface area contributed by atoms with Gasteiger partial charge in [0, 0.05) is 68.3 Å². The molecule has 1 amide bonds. The van der Waals surface area contributed by atoms with Gasteiger partial charge in [-0.3, -0.25) is 24.4 Å². The summed E-state index contributed by atoms with van der Waals surface area (Å²) in [6, 6.07) is 26.5. The van der Waals surface area contributed by atoms with Crippen LogP contribution in [0.25, 0.3) is 17.1 Å². The van der Waals surface area contributed by atoms with Crippen molar-refractivity contribution in [1.82, 2.24) is 24.6 Å². The molecule has 0 aliphatic carbocycles. The van der Waals surface area contributed by atoms with Crippen LogP contribution in [-0.2, 0) is 11.3 Å². The van der Waals surface area contributed by atoms with Crippen LogP contribution >= 0.6 is 11.8 Å². The molecule has 0 radical (unpaired) electrons. The monoisotopic (exact) mass is 542 g/mol. The van der Waals surface area contributed by atoms with Gasteiger partial charge < -0.3 is 4.90 Å². The molecule has 1 aromatic heterocycles. The fraction of sp³-hybridized carbons (Fsp3) is 0.276. The van der Waals surface area contributed by atoms with Gasteiger partial charge in [0.1, 0.15) is 0 Å². The van der Waals surface area contributed by atoms with Gasteiger partial charge in [0.25, 0.3) is 5.69 Å². The summed E-state index contributed by atoms with van der Waals surface area (Å²) in [5.74, 6) is 1.54. The van der Waals surface area contributed by atoms with Crippen molar-refractivity contribution in [3.05, 3.63) is 101 Å². The van der Waals surface area contributed by atoms with Crippen LogP contribution in [0.1, 0.15) is 18.4 Å². The van der Waals surface area contributed by atoms with Crippen LogP contribution < -0.4 is 0 Å². The summed E-state index contributed by atoms with van der Waals surface area (Å²) in [5, 5.41) is 20.6. The highest BCUT2D eigenvalue weighted by Gasteiger charge is 2.21. The SMILES string of the molecule is O=C(CCCSc1nnc(-c2ccc([N+](=O)[O-])cc2)n1-c1ccccc1)N1CCN(Cc2ccccc2)CC1. The average Bonchev–Trinajstić information content (AvgIpc) is 3.40. The number of rotatable bonds is 10. The number of carbonyl (C=O) groups excluding carboxylic acids is 1. The Morgan fingerprint density at radius 3 is 2.21 bits per heavy atom. The molecule has 1 fully saturated rings. The third kappa shape index (κ3) is 6.71. The second-order valence-corrected chi connectivity index (χ2v) is 10.4. The van der Waals surface area contributed by atoms with E-state index in [-0.39, 0.29) is 11.6 Å². The number of nitro groups is 1. The summed E-state index contributed by atoms with van der Waals surface area (Å²) in [7, 11) is 0. The second-order valence-electron chi connectivity index (χ2n) is 9.38.